The predicted octanol–water partition coefficient (Wildman–Crippen LogP) is 2.22. The third kappa shape index (κ3) is 3.81. The molecule has 0 atom stereocenters. The van der Waals surface area contributed by atoms with E-state index in [-0.39, 0.29) is 0 Å². The summed E-state index contributed by atoms with van der Waals surface area (Å²) in [7, 11) is 0. The molecule has 0 aliphatic heterocycles. The number of hydrogen-bond acceptors (Lipinski definition) is 6. The van der Waals surface area contributed by atoms with Gasteiger partial charge >= 0.3 is 0 Å². The monoisotopic (exact) mass is 273 g/mol. The summed E-state index contributed by atoms with van der Waals surface area (Å²) < 4.78 is 0. The largest absolute Gasteiger partial charge is 0.310 e. The predicted molar refractivity (Wildman–Crippen MR) is 74.4 cm³/mol. The van der Waals surface area contributed by atoms with Crippen LogP contribution in [0.2, 0.25) is 0 Å². The van der Waals surface area contributed by atoms with Gasteiger partial charge in [0.2, 0.25) is 0 Å². The van der Waals surface area contributed by atoms with Gasteiger partial charge in [0.15, 0.2) is 5.01 Å². The SMILES string of the molecule is CC(C)CNCc1nnc(-c2ccc(C#N)cn2)s1. The lowest BCUT2D eigenvalue weighted by atomic mass is 10.2. The number of aromatic nitrogens is 3. The van der Waals surface area contributed by atoms with E-state index in [9.17, 15) is 0 Å². The molecule has 0 aliphatic rings. The second-order valence-corrected chi connectivity index (χ2v) is 5.63. The highest BCUT2D eigenvalue weighted by Crippen LogP contribution is 2.21. The molecule has 2 rings (SSSR count). The van der Waals surface area contributed by atoms with Gasteiger partial charge in [-0.1, -0.05) is 25.2 Å². The van der Waals surface area contributed by atoms with E-state index in [0.717, 1.165) is 28.8 Å². The fourth-order valence-corrected chi connectivity index (χ4v) is 2.27. The Balaban J connectivity index is 2.01. The zero-order chi connectivity index (χ0) is 13.7. The van der Waals surface area contributed by atoms with Crippen LogP contribution in [0.1, 0.15) is 24.4 Å². The van der Waals surface area contributed by atoms with Gasteiger partial charge in [-0.05, 0) is 24.6 Å². The molecule has 0 amide bonds. The van der Waals surface area contributed by atoms with Crippen molar-refractivity contribution < 1.29 is 0 Å². The molecule has 0 fully saturated rings. The number of rotatable bonds is 5. The number of hydrogen-bond donors (Lipinski definition) is 1. The Bertz CT molecular complexity index is 567. The highest BCUT2D eigenvalue weighted by atomic mass is 32.1. The smallest absolute Gasteiger partial charge is 0.166 e. The van der Waals surface area contributed by atoms with Crippen LogP contribution in [0.5, 0.6) is 0 Å². The molecular formula is C13H15N5S. The van der Waals surface area contributed by atoms with Crippen LogP contribution in [0.25, 0.3) is 10.7 Å². The minimum Gasteiger partial charge on any atom is -0.310 e. The molecule has 98 valence electrons. The summed E-state index contributed by atoms with van der Waals surface area (Å²) in [5, 5.41) is 22.0. The maximum atomic E-state index is 8.72. The van der Waals surface area contributed by atoms with E-state index in [1.54, 1.807) is 18.3 Å². The van der Waals surface area contributed by atoms with Gasteiger partial charge in [-0.2, -0.15) is 5.26 Å². The van der Waals surface area contributed by atoms with Crippen molar-refractivity contribution in [3.63, 3.8) is 0 Å². The van der Waals surface area contributed by atoms with E-state index in [2.05, 4.69) is 34.3 Å². The fraction of sp³-hybridized carbons (Fsp3) is 0.385. The molecule has 0 aliphatic carbocycles. The van der Waals surface area contributed by atoms with Crippen LogP contribution in [-0.4, -0.2) is 21.7 Å². The molecule has 0 aromatic carbocycles. The van der Waals surface area contributed by atoms with Crippen molar-refractivity contribution >= 4 is 11.3 Å². The summed E-state index contributed by atoms with van der Waals surface area (Å²) in [6.45, 7) is 6.02. The Morgan fingerprint density at radius 3 is 2.84 bits per heavy atom. The summed E-state index contributed by atoms with van der Waals surface area (Å²) in [5.74, 6) is 0.618. The van der Waals surface area contributed by atoms with Crippen molar-refractivity contribution in [3.05, 3.63) is 28.9 Å². The number of nitrogens with zero attached hydrogens (tertiary/aromatic N) is 4. The van der Waals surface area contributed by atoms with Gasteiger partial charge in [-0.25, -0.2) is 0 Å². The van der Waals surface area contributed by atoms with Crippen LogP contribution < -0.4 is 5.32 Å². The fourth-order valence-electron chi connectivity index (χ4n) is 1.48. The van der Waals surface area contributed by atoms with Gasteiger partial charge in [0, 0.05) is 12.7 Å². The molecule has 1 N–H and O–H groups in total. The Morgan fingerprint density at radius 2 is 2.21 bits per heavy atom. The summed E-state index contributed by atoms with van der Waals surface area (Å²) >= 11 is 1.52. The van der Waals surface area contributed by atoms with Gasteiger partial charge in [0.1, 0.15) is 16.8 Å². The van der Waals surface area contributed by atoms with Crippen LogP contribution >= 0.6 is 11.3 Å². The van der Waals surface area contributed by atoms with E-state index in [1.807, 2.05) is 6.07 Å². The second-order valence-electron chi connectivity index (χ2n) is 4.57. The Labute approximate surface area is 116 Å². The van der Waals surface area contributed by atoms with Crippen LogP contribution in [0, 0.1) is 17.2 Å². The second kappa shape index (κ2) is 6.36. The molecule has 5 nitrogen and oxygen atoms in total. The summed E-state index contributed by atoms with van der Waals surface area (Å²) in [5.41, 5.74) is 1.30. The summed E-state index contributed by atoms with van der Waals surface area (Å²) in [6.07, 6.45) is 1.55. The zero-order valence-electron chi connectivity index (χ0n) is 10.9. The van der Waals surface area contributed by atoms with Crippen molar-refractivity contribution in [2.45, 2.75) is 20.4 Å². The third-order valence-electron chi connectivity index (χ3n) is 2.41. The molecule has 6 heteroatoms. The van der Waals surface area contributed by atoms with Crippen molar-refractivity contribution in [2.24, 2.45) is 5.92 Å². The molecule has 0 unspecified atom stereocenters. The summed E-state index contributed by atoms with van der Waals surface area (Å²) in [4.78, 5) is 4.21. The number of pyridine rings is 1. The quantitative estimate of drug-likeness (QED) is 0.904. The first-order chi connectivity index (χ1) is 9.19. The molecular weight excluding hydrogens is 258 g/mol. The first-order valence-electron chi connectivity index (χ1n) is 6.08. The molecule has 0 bridgehead atoms. The van der Waals surface area contributed by atoms with Gasteiger partial charge in [-0.15, -0.1) is 10.2 Å². The highest BCUT2D eigenvalue weighted by Gasteiger charge is 2.07. The molecule has 2 aromatic heterocycles. The number of nitriles is 1. The Kier molecular flexibility index (Phi) is 4.55. The van der Waals surface area contributed by atoms with Crippen molar-refractivity contribution in [3.8, 4) is 16.8 Å². The first-order valence-corrected chi connectivity index (χ1v) is 6.90. The topological polar surface area (TPSA) is 74.5 Å². The first kappa shape index (κ1) is 13.6. The lowest BCUT2D eigenvalue weighted by Gasteiger charge is -2.03. The van der Waals surface area contributed by atoms with Crippen molar-refractivity contribution in [1.82, 2.24) is 20.5 Å². The van der Waals surface area contributed by atoms with Gasteiger partial charge in [-0.3, -0.25) is 4.98 Å². The van der Waals surface area contributed by atoms with E-state index in [1.165, 1.54) is 11.3 Å². The minimum atomic E-state index is 0.548. The standard InChI is InChI=1S/C13H15N5S/c1-9(2)6-15-8-12-17-18-13(19-12)11-4-3-10(5-14)7-16-11/h3-4,7,9,15H,6,8H2,1-2H3. The maximum Gasteiger partial charge on any atom is 0.166 e. The van der Waals surface area contributed by atoms with Gasteiger partial charge in [0.25, 0.3) is 0 Å². The molecule has 2 aromatic rings. The molecule has 0 saturated heterocycles. The molecule has 0 saturated carbocycles. The van der Waals surface area contributed by atoms with Gasteiger partial charge < -0.3 is 5.32 Å². The average Bonchev–Trinajstić information content (AvgIpc) is 2.87. The van der Waals surface area contributed by atoms with Crippen molar-refractivity contribution in [2.75, 3.05) is 6.54 Å². The third-order valence-corrected chi connectivity index (χ3v) is 3.35. The summed E-state index contributed by atoms with van der Waals surface area (Å²) in [6, 6.07) is 5.58. The van der Waals surface area contributed by atoms with E-state index in [4.69, 9.17) is 5.26 Å². The van der Waals surface area contributed by atoms with Crippen LogP contribution in [0.15, 0.2) is 18.3 Å². The van der Waals surface area contributed by atoms with Crippen molar-refractivity contribution in [1.29, 1.82) is 5.26 Å². The van der Waals surface area contributed by atoms with Gasteiger partial charge in [0.05, 0.1) is 5.56 Å². The number of nitrogens with one attached hydrogen (secondary N) is 1. The Hall–Kier alpha value is -1.84. The average molecular weight is 273 g/mol. The van der Waals surface area contributed by atoms with E-state index in [0.29, 0.717) is 11.5 Å². The van der Waals surface area contributed by atoms with E-state index < -0.39 is 0 Å². The molecule has 19 heavy (non-hydrogen) atoms. The van der Waals surface area contributed by atoms with Crippen LogP contribution in [0.4, 0.5) is 0 Å². The molecule has 2 heterocycles. The minimum absolute atomic E-state index is 0.548. The molecule has 0 spiro atoms. The Morgan fingerprint density at radius 1 is 1.37 bits per heavy atom. The normalized spacial score (nSPS) is 10.6. The lowest BCUT2D eigenvalue weighted by molar-refractivity contribution is 0.550. The highest BCUT2D eigenvalue weighted by molar-refractivity contribution is 7.14. The van der Waals surface area contributed by atoms with Crippen LogP contribution in [0.3, 0.4) is 0 Å². The maximum absolute atomic E-state index is 8.72. The van der Waals surface area contributed by atoms with Crippen LogP contribution in [-0.2, 0) is 6.54 Å². The van der Waals surface area contributed by atoms with E-state index >= 15 is 0 Å². The molecule has 0 radical (unpaired) electrons. The zero-order valence-corrected chi connectivity index (χ0v) is 11.7. The lowest BCUT2D eigenvalue weighted by Crippen LogP contribution is -2.18.